The quantitative estimate of drug-likeness (QED) is 0.133. The molecule has 0 unspecified atom stereocenters. The number of hydrogen-bond acceptors (Lipinski definition) is 4. The molecule has 3 aromatic rings. The van der Waals surface area contributed by atoms with E-state index in [2.05, 4.69) is 18.3 Å². The van der Waals surface area contributed by atoms with Gasteiger partial charge in [0.05, 0.1) is 0 Å². The molecule has 0 aromatic heterocycles. The molecule has 196 valence electrons. The van der Waals surface area contributed by atoms with Crippen LogP contribution in [0.4, 0.5) is 10.5 Å². The van der Waals surface area contributed by atoms with Gasteiger partial charge in [0.25, 0.3) is 0 Å². The number of esters is 1. The third-order valence-corrected chi connectivity index (χ3v) is 6.85. The van der Waals surface area contributed by atoms with Gasteiger partial charge >= 0.3 is 12.0 Å². The zero-order chi connectivity index (χ0) is 26.3. The minimum Gasteiger partial charge on any atom is -0.426 e. The van der Waals surface area contributed by atoms with Gasteiger partial charge in [0.1, 0.15) is 5.75 Å². The molecule has 0 saturated carbocycles. The van der Waals surface area contributed by atoms with Crippen molar-refractivity contribution in [1.82, 2.24) is 5.32 Å². The molecule has 0 fully saturated rings. The lowest BCUT2D eigenvalue weighted by atomic mass is 10.1. The van der Waals surface area contributed by atoms with Crippen LogP contribution >= 0.6 is 11.8 Å². The molecule has 6 heteroatoms. The van der Waals surface area contributed by atoms with Crippen molar-refractivity contribution in [1.29, 1.82) is 0 Å². The molecule has 0 aliphatic rings. The Bertz CT molecular complexity index is 1120. The van der Waals surface area contributed by atoms with Crippen molar-refractivity contribution in [2.45, 2.75) is 75.1 Å². The molecular weight excluding hydrogens is 480 g/mol. The standard InChI is InChI=1S/C31H38N2O3S/c1-3-5-6-7-11-21-33(31(35)32-24-25-15-9-8-10-16-25)26-17-12-19-28(22-26)37-29-20-13-18-27(23-29)36-30(34)14-4-2/h8-10,12-13,15-20,22-23H,3-7,11,14,21,24H2,1-2H3,(H,32,35). The van der Waals surface area contributed by atoms with Crippen LogP contribution in [0, 0.1) is 0 Å². The maximum atomic E-state index is 13.3. The lowest BCUT2D eigenvalue weighted by Gasteiger charge is -2.24. The van der Waals surface area contributed by atoms with Crippen LogP contribution in [0.2, 0.25) is 0 Å². The number of nitrogens with zero attached hydrogens (tertiary/aromatic N) is 1. The highest BCUT2D eigenvalue weighted by Crippen LogP contribution is 2.32. The number of carbonyl (C=O) groups is 2. The molecule has 0 heterocycles. The fourth-order valence-corrected chi connectivity index (χ4v) is 4.85. The van der Waals surface area contributed by atoms with E-state index in [9.17, 15) is 9.59 Å². The van der Waals surface area contributed by atoms with Crippen LogP contribution in [0.1, 0.15) is 64.4 Å². The number of rotatable bonds is 14. The fraction of sp³-hybridized carbons (Fsp3) is 0.355. The summed E-state index contributed by atoms with van der Waals surface area (Å²) in [6.07, 6.45) is 6.83. The van der Waals surface area contributed by atoms with Gasteiger partial charge in [0.15, 0.2) is 0 Å². The number of amides is 2. The number of anilines is 1. The van der Waals surface area contributed by atoms with Crippen LogP contribution in [0.5, 0.6) is 5.75 Å². The van der Waals surface area contributed by atoms with Crippen molar-refractivity contribution in [3.8, 4) is 5.75 Å². The minimum absolute atomic E-state index is 0.0914. The van der Waals surface area contributed by atoms with E-state index in [0.717, 1.165) is 40.3 Å². The van der Waals surface area contributed by atoms with Gasteiger partial charge in [0.2, 0.25) is 0 Å². The summed E-state index contributed by atoms with van der Waals surface area (Å²) in [5.74, 6) is 0.330. The molecule has 37 heavy (non-hydrogen) atoms. The first kappa shape index (κ1) is 28.3. The third-order valence-electron chi connectivity index (χ3n) is 5.87. The number of urea groups is 1. The first-order valence-corrected chi connectivity index (χ1v) is 14.1. The Kier molecular flexibility index (Phi) is 12.1. The van der Waals surface area contributed by atoms with E-state index in [1.165, 1.54) is 19.3 Å². The summed E-state index contributed by atoms with van der Waals surface area (Å²) in [4.78, 5) is 29.0. The smallest absolute Gasteiger partial charge is 0.322 e. The van der Waals surface area contributed by atoms with Crippen molar-refractivity contribution in [2.75, 3.05) is 11.4 Å². The van der Waals surface area contributed by atoms with Gasteiger partial charge in [0, 0.05) is 35.0 Å². The Morgan fingerprint density at radius 1 is 0.811 bits per heavy atom. The summed E-state index contributed by atoms with van der Waals surface area (Å²) in [6.45, 7) is 5.32. The second-order valence-corrected chi connectivity index (χ2v) is 10.2. The number of benzene rings is 3. The summed E-state index contributed by atoms with van der Waals surface area (Å²) in [6, 6.07) is 25.5. The van der Waals surface area contributed by atoms with E-state index in [0.29, 0.717) is 25.3 Å². The van der Waals surface area contributed by atoms with E-state index < -0.39 is 0 Å². The zero-order valence-corrected chi connectivity index (χ0v) is 22.8. The van der Waals surface area contributed by atoms with Crippen molar-refractivity contribution >= 4 is 29.4 Å². The largest absolute Gasteiger partial charge is 0.426 e. The second-order valence-electron chi connectivity index (χ2n) is 9.01. The van der Waals surface area contributed by atoms with E-state index >= 15 is 0 Å². The van der Waals surface area contributed by atoms with Gasteiger partial charge in [-0.05, 0) is 54.8 Å². The first-order chi connectivity index (χ1) is 18.1. The van der Waals surface area contributed by atoms with Crippen LogP contribution < -0.4 is 15.0 Å². The molecular formula is C31H38N2O3S. The molecule has 0 spiro atoms. The van der Waals surface area contributed by atoms with Crippen LogP contribution in [0.25, 0.3) is 0 Å². The lowest BCUT2D eigenvalue weighted by molar-refractivity contribution is -0.134. The topological polar surface area (TPSA) is 58.6 Å². The fourth-order valence-electron chi connectivity index (χ4n) is 3.93. The molecule has 0 bridgehead atoms. The monoisotopic (exact) mass is 518 g/mol. The highest BCUT2D eigenvalue weighted by atomic mass is 32.2. The Balaban J connectivity index is 1.71. The highest BCUT2D eigenvalue weighted by Gasteiger charge is 2.16. The van der Waals surface area contributed by atoms with E-state index in [-0.39, 0.29) is 12.0 Å². The summed E-state index contributed by atoms with van der Waals surface area (Å²) in [5.41, 5.74) is 1.94. The van der Waals surface area contributed by atoms with Gasteiger partial charge in [-0.3, -0.25) is 9.69 Å². The van der Waals surface area contributed by atoms with Gasteiger partial charge in [-0.1, -0.05) is 93.8 Å². The van der Waals surface area contributed by atoms with Gasteiger partial charge < -0.3 is 10.1 Å². The Morgan fingerprint density at radius 2 is 1.54 bits per heavy atom. The number of nitrogens with one attached hydrogen (secondary N) is 1. The highest BCUT2D eigenvalue weighted by molar-refractivity contribution is 7.99. The molecule has 0 atom stereocenters. The molecule has 0 aliphatic heterocycles. The molecule has 0 saturated heterocycles. The Hall–Kier alpha value is -3.25. The molecule has 1 N–H and O–H groups in total. The van der Waals surface area contributed by atoms with Gasteiger partial charge in [-0.15, -0.1) is 0 Å². The van der Waals surface area contributed by atoms with Crippen LogP contribution in [-0.4, -0.2) is 18.5 Å². The normalized spacial score (nSPS) is 10.6. The predicted molar refractivity (Wildman–Crippen MR) is 152 cm³/mol. The number of carbonyl (C=O) groups excluding carboxylic acids is 2. The maximum Gasteiger partial charge on any atom is 0.322 e. The average Bonchev–Trinajstić information content (AvgIpc) is 2.90. The molecule has 3 aromatic carbocycles. The lowest BCUT2D eigenvalue weighted by Crippen LogP contribution is -2.40. The van der Waals surface area contributed by atoms with Crippen molar-refractivity contribution in [2.24, 2.45) is 0 Å². The van der Waals surface area contributed by atoms with Crippen LogP contribution in [0.15, 0.2) is 88.7 Å². The zero-order valence-electron chi connectivity index (χ0n) is 21.9. The summed E-state index contributed by atoms with van der Waals surface area (Å²) in [5, 5.41) is 3.09. The summed E-state index contributed by atoms with van der Waals surface area (Å²) < 4.78 is 5.45. The maximum absolute atomic E-state index is 13.3. The first-order valence-electron chi connectivity index (χ1n) is 13.3. The summed E-state index contributed by atoms with van der Waals surface area (Å²) in [7, 11) is 0. The minimum atomic E-state index is -0.220. The SMILES string of the molecule is CCCCCCCN(C(=O)NCc1ccccc1)c1cccc(Sc2cccc(OC(=O)CCC)c2)c1. The van der Waals surface area contributed by atoms with Crippen LogP contribution in [-0.2, 0) is 11.3 Å². The van der Waals surface area contributed by atoms with Crippen molar-refractivity contribution in [3.63, 3.8) is 0 Å². The van der Waals surface area contributed by atoms with Gasteiger partial charge in [-0.25, -0.2) is 4.79 Å². The Labute approximate surface area is 225 Å². The number of unbranched alkanes of at least 4 members (excludes halogenated alkanes) is 4. The molecule has 5 nitrogen and oxygen atoms in total. The third kappa shape index (κ3) is 9.96. The van der Waals surface area contributed by atoms with Crippen molar-refractivity contribution in [3.05, 3.63) is 84.4 Å². The Morgan fingerprint density at radius 3 is 2.30 bits per heavy atom. The van der Waals surface area contributed by atoms with Crippen LogP contribution in [0.3, 0.4) is 0 Å². The second kappa shape index (κ2) is 15.8. The molecule has 3 rings (SSSR count). The van der Waals surface area contributed by atoms with E-state index in [1.54, 1.807) is 17.8 Å². The number of ether oxygens (including phenoxy) is 1. The molecule has 0 aliphatic carbocycles. The number of hydrogen-bond donors (Lipinski definition) is 1. The predicted octanol–water partition coefficient (Wildman–Crippen LogP) is 8.23. The average molecular weight is 519 g/mol. The van der Waals surface area contributed by atoms with E-state index in [4.69, 9.17) is 4.74 Å². The molecule has 0 radical (unpaired) electrons. The summed E-state index contributed by atoms with van der Waals surface area (Å²) >= 11 is 1.58. The van der Waals surface area contributed by atoms with Gasteiger partial charge in [-0.2, -0.15) is 0 Å². The van der Waals surface area contributed by atoms with E-state index in [1.807, 2.05) is 78.6 Å². The molecule has 2 amide bonds. The van der Waals surface area contributed by atoms with Crippen molar-refractivity contribution < 1.29 is 14.3 Å².